The quantitative estimate of drug-likeness (QED) is 0.822. The van der Waals surface area contributed by atoms with Gasteiger partial charge in [0, 0.05) is 24.9 Å². The summed E-state index contributed by atoms with van der Waals surface area (Å²) < 4.78 is 0. The molecule has 3 heteroatoms. The number of nitrogens with one attached hydrogen (secondary N) is 2. The fourth-order valence-electron chi connectivity index (χ4n) is 3.39. The van der Waals surface area contributed by atoms with Crippen molar-refractivity contribution in [3.05, 3.63) is 53.6 Å². The first-order valence-electron chi connectivity index (χ1n) is 7.96. The molecule has 2 N–H and O–H groups in total. The molecule has 3 rings (SSSR count). The third kappa shape index (κ3) is 3.18. The lowest BCUT2D eigenvalue weighted by Crippen LogP contribution is -2.38. The lowest BCUT2D eigenvalue weighted by atomic mass is 9.70. The van der Waals surface area contributed by atoms with E-state index in [1.54, 1.807) is 0 Å². The summed E-state index contributed by atoms with van der Waals surface area (Å²) in [6.45, 7) is 5.80. The number of nitrogens with zero attached hydrogens (tertiary/aromatic N) is 1. The lowest BCUT2D eigenvalue weighted by Gasteiger charge is -2.40. The van der Waals surface area contributed by atoms with Crippen LogP contribution in [-0.2, 0) is 12.8 Å². The van der Waals surface area contributed by atoms with Crippen molar-refractivity contribution in [3.8, 4) is 0 Å². The molecule has 112 valence electrons. The fourth-order valence-corrected chi connectivity index (χ4v) is 3.39. The van der Waals surface area contributed by atoms with Gasteiger partial charge < -0.3 is 10.3 Å². The van der Waals surface area contributed by atoms with E-state index in [0.29, 0.717) is 11.5 Å². The molecular weight excluding hydrogens is 258 g/mol. The van der Waals surface area contributed by atoms with Gasteiger partial charge in [0.05, 0.1) is 0 Å². The normalized spacial score (nSPS) is 20.2. The number of rotatable bonds is 5. The predicted molar refractivity (Wildman–Crippen MR) is 86.2 cm³/mol. The molecule has 1 unspecified atom stereocenters. The standard InChI is InChI=1S/C18H25N3/c1-18(2)10-9-14-6-3-4-7-15(14)17(18)21-11-5-8-16-19-12-13-20-16/h3-4,6-7,12-13,17,21H,5,8-11H2,1-2H3,(H,19,20). The van der Waals surface area contributed by atoms with E-state index in [2.05, 4.69) is 53.4 Å². The highest BCUT2D eigenvalue weighted by Gasteiger charge is 2.34. The minimum absolute atomic E-state index is 0.318. The van der Waals surface area contributed by atoms with Crippen LogP contribution in [0.5, 0.6) is 0 Å². The van der Waals surface area contributed by atoms with Gasteiger partial charge >= 0.3 is 0 Å². The Morgan fingerprint density at radius 1 is 1.33 bits per heavy atom. The molecule has 1 aromatic heterocycles. The number of fused-ring (bicyclic) bond motifs is 1. The van der Waals surface area contributed by atoms with Crippen molar-refractivity contribution in [3.63, 3.8) is 0 Å². The number of aryl methyl sites for hydroxylation is 2. The summed E-state index contributed by atoms with van der Waals surface area (Å²) in [6.07, 6.45) is 8.29. The Balaban J connectivity index is 1.62. The van der Waals surface area contributed by atoms with Crippen LogP contribution >= 0.6 is 0 Å². The van der Waals surface area contributed by atoms with Gasteiger partial charge in [-0.2, -0.15) is 0 Å². The van der Waals surface area contributed by atoms with Crippen LogP contribution in [0.25, 0.3) is 0 Å². The van der Waals surface area contributed by atoms with Gasteiger partial charge in [-0.25, -0.2) is 4.98 Å². The smallest absolute Gasteiger partial charge is 0.106 e. The van der Waals surface area contributed by atoms with Crippen molar-refractivity contribution >= 4 is 0 Å². The Morgan fingerprint density at radius 3 is 3.00 bits per heavy atom. The highest BCUT2D eigenvalue weighted by molar-refractivity contribution is 5.34. The number of hydrogen-bond donors (Lipinski definition) is 2. The van der Waals surface area contributed by atoms with Gasteiger partial charge in [-0.15, -0.1) is 0 Å². The summed E-state index contributed by atoms with van der Waals surface area (Å²) >= 11 is 0. The number of H-pyrrole nitrogens is 1. The van der Waals surface area contributed by atoms with Gasteiger partial charge in [0.25, 0.3) is 0 Å². The van der Waals surface area contributed by atoms with E-state index < -0.39 is 0 Å². The Hall–Kier alpha value is -1.61. The maximum atomic E-state index is 4.28. The monoisotopic (exact) mass is 283 g/mol. The summed E-state index contributed by atoms with van der Waals surface area (Å²) in [4.78, 5) is 7.45. The molecular formula is C18H25N3. The Kier molecular flexibility index (Phi) is 4.11. The summed E-state index contributed by atoms with van der Waals surface area (Å²) in [6, 6.07) is 9.35. The van der Waals surface area contributed by atoms with Crippen molar-refractivity contribution in [2.24, 2.45) is 5.41 Å². The second kappa shape index (κ2) is 6.02. The van der Waals surface area contributed by atoms with Crippen LogP contribution in [0.2, 0.25) is 0 Å². The summed E-state index contributed by atoms with van der Waals surface area (Å²) in [5.41, 5.74) is 3.33. The van der Waals surface area contributed by atoms with E-state index >= 15 is 0 Å². The number of aromatic amines is 1. The summed E-state index contributed by atoms with van der Waals surface area (Å²) in [5, 5.41) is 3.79. The first-order chi connectivity index (χ1) is 10.2. The minimum atomic E-state index is 0.318. The van der Waals surface area contributed by atoms with Gasteiger partial charge in [0.1, 0.15) is 5.82 Å². The third-order valence-corrected chi connectivity index (χ3v) is 4.68. The van der Waals surface area contributed by atoms with E-state index in [1.165, 1.54) is 24.0 Å². The lowest BCUT2D eigenvalue weighted by molar-refractivity contribution is 0.209. The predicted octanol–water partition coefficient (Wildman–Crippen LogP) is 3.65. The van der Waals surface area contributed by atoms with E-state index in [1.807, 2.05) is 12.4 Å². The number of benzene rings is 1. The SMILES string of the molecule is CC1(C)CCc2ccccc2C1NCCCc1ncc[nH]1. The third-order valence-electron chi connectivity index (χ3n) is 4.68. The van der Waals surface area contributed by atoms with E-state index in [9.17, 15) is 0 Å². The number of hydrogen-bond acceptors (Lipinski definition) is 2. The topological polar surface area (TPSA) is 40.7 Å². The molecule has 1 atom stereocenters. The highest BCUT2D eigenvalue weighted by Crippen LogP contribution is 2.43. The van der Waals surface area contributed by atoms with Crippen LogP contribution in [0.15, 0.2) is 36.7 Å². The molecule has 2 aromatic rings. The fraction of sp³-hybridized carbons (Fsp3) is 0.500. The molecule has 0 saturated carbocycles. The second-order valence-electron chi connectivity index (χ2n) is 6.71. The van der Waals surface area contributed by atoms with Gasteiger partial charge in [-0.1, -0.05) is 38.1 Å². The zero-order chi connectivity index (χ0) is 14.7. The molecule has 0 bridgehead atoms. The van der Waals surface area contributed by atoms with Crippen LogP contribution in [0.4, 0.5) is 0 Å². The summed E-state index contributed by atoms with van der Waals surface area (Å²) in [7, 11) is 0. The van der Waals surface area contributed by atoms with Crippen molar-refractivity contribution in [2.75, 3.05) is 6.54 Å². The van der Waals surface area contributed by atoms with Crippen LogP contribution < -0.4 is 5.32 Å². The molecule has 0 fully saturated rings. The van der Waals surface area contributed by atoms with Crippen molar-refractivity contribution in [1.29, 1.82) is 0 Å². The molecule has 1 aromatic carbocycles. The Morgan fingerprint density at radius 2 is 2.19 bits per heavy atom. The largest absolute Gasteiger partial charge is 0.349 e. The first kappa shape index (κ1) is 14.3. The number of aromatic nitrogens is 2. The molecule has 0 radical (unpaired) electrons. The second-order valence-corrected chi connectivity index (χ2v) is 6.71. The number of imidazole rings is 1. The maximum Gasteiger partial charge on any atom is 0.106 e. The highest BCUT2D eigenvalue weighted by atomic mass is 14.9. The maximum absolute atomic E-state index is 4.28. The van der Waals surface area contributed by atoms with Gasteiger partial charge in [0.15, 0.2) is 0 Å². The minimum Gasteiger partial charge on any atom is -0.349 e. The molecule has 1 heterocycles. The molecule has 3 nitrogen and oxygen atoms in total. The van der Waals surface area contributed by atoms with Crippen molar-refractivity contribution < 1.29 is 0 Å². The molecule has 0 aliphatic heterocycles. The Bertz CT molecular complexity index is 572. The molecule has 0 saturated heterocycles. The average Bonchev–Trinajstić information content (AvgIpc) is 2.98. The van der Waals surface area contributed by atoms with Crippen LogP contribution in [0.3, 0.4) is 0 Å². The van der Waals surface area contributed by atoms with E-state index in [-0.39, 0.29) is 0 Å². The zero-order valence-electron chi connectivity index (χ0n) is 13.0. The van der Waals surface area contributed by atoms with Crippen LogP contribution in [-0.4, -0.2) is 16.5 Å². The molecule has 0 spiro atoms. The Labute approximate surface area is 127 Å². The van der Waals surface area contributed by atoms with Crippen molar-refractivity contribution in [1.82, 2.24) is 15.3 Å². The molecule has 1 aliphatic rings. The molecule has 21 heavy (non-hydrogen) atoms. The van der Waals surface area contributed by atoms with Crippen LogP contribution in [0.1, 0.15) is 49.7 Å². The van der Waals surface area contributed by atoms with Gasteiger partial charge in [-0.3, -0.25) is 0 Å². The molecule has 1 aliphatic carbocycles. The van der Waals surface area contributed by atoms with Crippen LogP contribution in [0, 0.1) is 5.41 Å². The van der Waals surface area contributed by atoms with E-state index in [0.717, 1.165) is 25.2 Å². The summed E-state index contributed by atoms with van der Waals surface area (Å²) in [5.74, 6) is 1.08. The van der Waals surface area contributed by atoms with E-state index in [4.69, 9.17) is 0 Å². The average molecular weight is 283 g/mol. The first-order valence-corrected chi connectivity index (χ1v) is 7.96. The van der Waals surface area contributed by atoms with Gasteiger partial charge in [0.2, 0.25) is 0 Å². The molecule has 0 amide bonds. The van der Waals surface area contributed by atoms with Gasteiger partial charge in [-0.05, 0) is 42.3 Å². The zero-order valence-corrected chi connectivity index (χ0v) is 13.0. The van der Waals surface area contributed by atoms with Crippen molar-refractivity contribution in [2.45, 2.75) is 45.6 Å².